The monoisotopic (exact) mass is 325 g/mol. The van der Waals surface area contributed by atoms with Crippen LogP contribution < -0.4 is 0 Å². The van der Waals surface area contributed by atoms with Crippen LogP contribution in [0.25, 0.3) is 22.5 Å². The number of hydrogen-bond acceptors (Lipinski definition) is 2. The number of benzene rings is 2. The molecule has 1 heterocycles. The number of aromatic amines is 1. The van der Waals surface area contributed by atoms with Crippen molar-refractivity contribution in [3.63, 3.8) is 0 Å². The van der Waals surface area contributed by atoms with Crippen molar-refractivity contribution in [1.82, 2.24) is 4.98 Å². The third kappa shape index (κ3) is 3.30. The second-order valence-electron chi connectivity index (χ2n) is 5.07. The van der Waals surface area contributed by atoms with E-state index >= 15 is 0 Å². The Balaban J connectivity index is 2.10. The highest BCUT2D eigenvalue weighted by molar-refractivity contribution is 6.30. The first kappa shape index (κ1) is 15.4. The summed E-state index contributed by atoms with van der Waals surface area (Å²) in [4.78, 5) is 15.6. The molecule has 116 valence electrons. The molecule has 23 heavy (non-hydrogen) atoms. The fraction of sp³-hybridized carbons (Fsp3) is 0.105. The number of nitrogens with one attached hydrogen (secondary N) is 1. The fourth-order valence-corrected chi connectivity index (χ4v) is 2.57. The van der Waals surface area contributed by atoms with Crippen molar-refractivity contribution < 1.29 is 9.53 Å². The van der Waals surface area contributed by atoms with Gasteiger partial charge in [-0.1, -0.05) is 54.1 Å². The van der Waals surface area contributed by atoms with Crippen LogP contribution in [0.1, 0.15) is 17.3 Å². The Bertz CT molecular complexity index is 807. The third-order valence-corrected chi connectivity index (χ3v) is 3.78. The Morgan fingerprint density at radius 3 is 2.39 bits per heavy atom. The van der Waals surface area contributed by atoms with Gasteiger partial charge in [0.25, 0.3) is 0 Å². The van der Waals surface area contributed by atoms with E-state index in [-0.39, 0.29) is 5.97 Å². The zero-order chi connectivity index (χ0) is 16.2. The normalized spacial score (nSPS) is 10.5. The van der Waals surface area contributed by atoms with E-state index < -0.39 is 0 Å². The molecule has 0 spiro atoms. The zero-order valence-corrected chi connectivity index (χ0v) is 13.4. The first-order chi connectivity index (χ1) is 11.2. The van der Waals surface area contributed by atoms with Crippen molar-refractivity contribution in [1.29, 1.82) is 0 Å². The Morgan fingerprint density at radius 2 is 1.74 bits per heavy atom. The standard InChI is InChI=1S/C19H16ClNO2/c1-2-23-19(22)16-12-17(13-8-10-15(20)11-9-13)21-18(16)14-6-4-3-5-7-14/h3-12,21H,2H2,1H3. The van der Waals surface area contributed by atoms with Gasteiger partial charge in [-0.25, -0.2) is 4.79 Å². The lowest BCUT2D eigenvalue weighted by Gasteiger charge is -2.03. The molecule has 0 radical (unpaired) electrons. The number of carbonyl (C=O) groups is 1. The van der Waals surface area contributed by atoms with E-state index in [0.29, 0.717) is 17.2 Å². The molecule has 0 aliphatic carbocycles. The highest BCUT2D eigenvalue weighted by Crippen LogP contribution is 2.30. The molecule has 0 aliphatic heterocycles. The summed E-state index contributed by atoms with van der Waals surface area (Å²) < 4.78 is 5.18. The van der Waals surface area contributed by atoms with Crippen LogP contribution in [-0.4, -0.2) is 17.6 Å². The smallest absolute Gasteiger partial charge is 0.340 e. The summed E-state index contributed by atoms with van der Waals surface area (Å²) in [5, 5.41) is 0.675. The maximum absolute atomic E-state index is 12.3. The number of esters is 1. The Kier molecular flexibility index (Phi) is 4.49. The van der Waals surface area contributed by atoms with Gasteiger partial charge in [0.2, 0.25) is 0 Å². The Labute approximate surface area is 139 Å². The van der Waals surface area contributed by atoms with Crippen molar-refractivity contribution in [2.75, 3.05) is 6.61 Å². The number of aromatic nitrogens is 1. The van der Waals surface area contributed by atoms with E-state index in [9.17, 15) is 4.79 Å². The largest absolute Gasteiger partial charge is 0.462 e. The maximum atomic E-state index is 12.3. The van der Waals surface area contributed by atoms with Gasteiger partial charge in [-0.15, -0.1) is 0 Å². The average molecular weight is 326 g/mol. The minimum atomic E-state index is -0.331. The summed E-state index contributed by atoms with van der Waals surface area (Å²) in [6, 6.07) is 19.0. The predicted molar refractivity (Wildman–Crippen MR) is 92.6 cm³/mol. The van der Waals surface area contributed by atoms with Gasteiger partial charge in [-0.3, -0.25) is 0 Å². The number of halogens is 1. The fourth-order valence-electron chi connectivity index (χ4n) is 2.44. The van der Waals surface area contributed by atoms with Crippen molar-refractivity contribution in [2.45, 2.75) is 6.92 Å². The number of rotatable bonds is 4. The van der Waals surface area contributed by atoms with E-state index in [2.05, 4.69) is 4.98 Å². The molecule has 0 aliphatic rings. The summed E-state index contributed by atoms with van der Waals surface area (Å²) in [5.74, 6) is -0.331. The van der Waals surface area contributed by atoms with Crippen LogP contribution >= 0.6 is 11.6 Å². The predicted octanol–water partition coefficient (Wildman–Crippen LogP) is 5.18. The molecule has 3 nitrogen and oxygen atoms in total. The van der Waals surface area contributed by atoms with E-state index in [1.165, 1.54) is 0 Å². The van der Waals surface area contributed by atoms with E-state index in [1.54, 1.807) is 6.92 Å². The van der Waals surface area contributed by atoms with Crippen LogP contribution in [0.15, 0.2) is 60.7 Å². The van der Waals surface area contributed by atoms with Crippen molar-refractivity contribution in [2.24, 2.45) is 0 Å². The molecule has 0 saturated carbocycles. The van der Waals surface area contributed by atoms with Crippen molar-refractivity contribution in [3.8, 4) is 22.5 Å². The molecule has 2 aromatic carbocycles. The van der Waals surface area contributed by atoms with Crippen LogP contribution in [0.5, 0.6) is 0 Å². The molecule has 1 aromatic heterocycles. The SMILES string of the molecule is CCOC(=O)c1cc(-c2ccc(Cl)cc2)[nH]c1-c1ccccc1. The molecule has 1 N–H and O–H groups in total. The molecule has 0 amide bonds. The average Bonchev–Trinajstić information content (AvgIpc) is 3.02. The summed E-state index contributed by atoms with van der Waals surface area (Å²) in [6.07, 6.45) is 0. The lowest BCUT2D eigenvalue weighted by molar-refractivity contribution is 0.0527. The zero-order valence-electron chi connectivity index (χ0n) is 12.7. The van der Waals surface area contributed by atoms with Crippen molar-refractivity contribution in [3.05, 3.63) is 71.2 Å². The molecule has 3 rings (SSSR count). The molecular weight excluding hydrogens is 310 g/mol. The van der Waals surface area contributed by atoms with Crippen LogP contribution in [0.3, 0.4) is 0 Å². The minimum Gasteiger partial charge on any atom is -0.462 e. The van der Waals surface area contributed by atoms with E-state index in [1.807, 2.05) is 60.7 Å². The van der Waals surface area contributed by atoms with Gasteiger partial charge >= 0.3 is 5.97 Å². The van der Waals surface area contributed by atoms with Gasteiger partial charge in [0.1, 0.15) is 0 Å². The van der Waals surface area contributed by atoms with Crippen LogP contribution in [-0.2, 0) is 4.74 Å². The third-order valence-electron chi connectivity index (χ3n) is 3.53. The van der Waals surface area contributed by atoms with Gasteiger partial charge in [0.15, 0.2) is 0 Å². The highest BCUT2D eigenvalue weighted by Gasteiger charge is 2.18. The molecule has 4 heteroatoms. The first-order valence-electron chi connectivity index (χ1n) is 7.40. The van der Waals surface area contributed by atoms with Gasteiger partial charge in [-0.2, -0.15) is 0 Å². The molecular formula is C19H16ClNO2. The van der Waals surface area contributed by atoms with Crippen molar-refractivity contribution >= 4 is 17.6 Å². The van der Waals surface area contributed by atoms with Crippen LogP contribution in [0.4, 0.5) is 0 Å². The molecule has 0 unspecified atom stereocenters. The lowest BCUT2D eigenvalue weighted by atomic mass is 10.1. The Morgan fingerprint density at radius 1 is 1.04 bits per heavy atom. The lowest BCUT2D eigenvalue weighted by Crippen LogP contribution is -2.04. The summed E-state index contributed by atoms with van der Waals surface area (Å²) >= 11 is 5.94. The maximum Gasteiger partial charge on any atom is 0.340 e. The van der Waals surface area contributed by atoms with Crippen LogP contribution in [0.2, 0.25) is 5.02 Å². The molecule has 0 bridgehead atoms. The van der Waals surface area contributed by atoms with Gasteiger partial charge < -0.3 is 9.72 Å². The summed E-state index contributed by atoms with van der Waals surface area (Å²) in [7, 11) is 0. The summed E-state index contributed by atoms with van der Waals surface area (Å²) in [5.41, 5.74) is 4.04. The summed E-state index contributed by atoms with van der Waals surface area (Å²) in [6.45, 7) is 2.14. The van der Waals surface area contributed by atoms with E-state index in [4.69, 9.17) is 16.3 Å². The minimum absolute atomic E-state index is 0.331. The second-order valence-corrected chi connectivity index (χ2v) is 5.50. The highest BCUT2D eigenvalue weighted by atomic mass is 35.5. The molecule has 0 saturated heterocycles. The quantitative estimate of drug-likeness (QED) is 0.672. The number of carbonyl (C=O) groups excluding carboxylic acids is 1. The topological polar surface area (TPSA) is 42.1 Å². The molecule has 0 atom stereocenters. The van der Waals surface area contributed by atoms with E-state index in [0.717, 1.165) is 22.5 Å². The second kappa shape index (κ2) is 6.71. The number of H-pyrrole nitrogens is 1. The van der Waals surface area contributed by atoms with Crippen LogP contribution in [0, 0.1) is 0 Å². The van der Waals surface area contributed by atoms with Gasteiger partial charge in [-0.05, 0) is 36.2 Å². The number of ether oxygens (including phenoxy) is 1. The number of hydrogen-bond donors (Lipinski definition) is 1. The Hall–Kier alpha value is -2.52. The molecule has 0 fully saturated rings. The molecule has 3 aromatic rings. The first-order valence-corrected chi connectivity index (χ1v) is 7.78. The van der Waals surface area contributed by atoms with Gasteiger partial charge in [0.05, 0.1) is 17.9 Å². The van der Waals surface area contributed by atoms with Gasteiger partial charge in [0, 0.05) is 10.7 Å².